The minimum Gasteiger partial charge on any atom is -0.503 e. The number of aliphatic imine (C=N–C) groups is 1. The van der Waals surface area contributed by atoms with Crippen LogP contribution in [0.1, 0.15) is 6.92 Å². The van der Waals surface area contributed by atoms with Gasteiger partial charge in [0.25, 0.3) is 0 Å². The lowest BCUT2D eigenvalue weighted by Gasteiger charge is -1.78. The first-order valence-corrected chi connectivity index (χ1v) is 2.07. The summed E-state index contributed by atoms with van der Waals surface area (Å²) in [6.45, 7) is 1.85. The summed E-state index contributed by atoms with van der Waals surface area (Å²) in [6, 6.07) is 0. The van der Waals surface area contributed by atoms with E-state index >= 15 is 0 Å². The predicted octanol–water partition coefficient (Wildman–Crippen LogP) is 1.19. The normalized spacial score (nSPS) is 11.1. The molecular weight excluding hydrogens is 90.1 g/mol. The maximum absolute atomic E-state index is 4.55. The number of ether oxygens (including phenoxy) is 1. The molecule has 0 aliphatic carbocycles. The van der Waals surface area contributed by atoms with Gasteiger partial charge >= 0.3 is 0 Å². The number of nitrogens with zero attached hydrogens (tertiary/aromatic N) is 1. The fourth-order valence-corrected chi connectivity index (χ4v) is 0.182. The Balaban J connectivity index is 3.09. The van der Waals surface area contributed by atoms with Crippen molar-refractivity contribution in [2.45, 2.75) is 6.92 Å². The summed E-state index contributed by atoms with van der Waals surface area (Å²) >= 11 is 0. The van der Waals surface area contributed by atoms with Gasteiger partial charge in [-0.05, 0) is 6.92 Å². The fourth-order valence-electron chi connectivity index (χ4n) is 0.182. The molecule has 0 spiro atoms. The SMILES string of the molecule is CC=N/C=C\OC. The highest BCUT2D eigenvalue weighted by atomic mass is 16.5. The van der Waals surface area contributed by atoms with Crippen LogP contribution in [0.25, 0.3) is 0 Å². The molecule has 40 valence electrons. The summed E-state index contributed by atoms with van der Waals surface area (Å²) in [5.41, 5.74) is 0. The van der Waals surface area contributed by atoms with Crippen LogP contribution >= 0.6 is 0 Å². The highest BCUT2D eigenvalue weighted by Gasteiger charge is 1.55. The molecule has 0 radical (unpaired) electrons. The van der Waals surface area contributed by atoms with E-state index in [1.165, 1.54) is 6.26 Å². The average molecular weight is 99.1 g/mol. The Hall–Kier alpha value is -0.790. The lowest BCUT2D eigenvalue weighted by Crippen LogP contribution is -1.61. The van der Waals surface area contributed by atoms with Gasteiger partial charge < -0.3 is 4.74 Å². The minimum absolute atomic E-state index is 1.51. The van der Waals surface area contributed by atoms with E-state index in [0.717, 1.165) is 0 Å². The summed E-state index contributed by atoms with van der Waals surface area (Å²) in [4.78, 5) is 3.73. The van der Waals surface area contributed by atoms with Crippen LogP contribution in [0.3, 0.4) is 0 Å². The standard InChI is InChI=1S/C5H9NO/c1-3-6-4-5-7-2/h3-5H,1-2H3/b5-4-,6-3?. The molecule has 0 aromatic carbocycles. The first kappa shape index (κ1) is 6.21. The van der Waals surface area contributed by atoms with E-state index in [1.54, 1.807) is 19.5 Å². The Kier molecular flexibility index (Phi) is 4.62. The Bertz CT molecular complexity index is 76.1. The van der Waals surface area contributed by atoms with Gasteiger partial charge in [0, 0.05) is 6.21 Å². The first-order valence-electron chi connectivity index (χ1n) is 2.07. The van der Waals surface area contributed by atoms with E-state index < -0.39 is 0 Å². The molecule has 2 heteroatoms. The molecule has 0 heterocycles. The van der Waals surface area contributed by atoms with Crippen LogP contribution in [0.2, 0.25) is 0 Å². The van der Waals surface area contributed by atoms with E-state index in [9.17, 15) is 0 Å². The van der Waals surface area contributed by atoms with Crippen molar-refractivity contribution in [2.75, 3.05) is 7.11 Å². The van der Waals surface area contributed by atoms with Crippen LogP contribution in [-0.4, -0.2) is 13.3 Å². The fraction of sp³-hybridized carbons (Fsp3) is 0.400. The maximum atomic E-state index is 4.55. The van der Waals surface area contributed by atoms with E-state index in [-0.39, 0.29) is 0 Å². The van der Waals surface area contributed by atoms with E-state index in [1.807, 2.05) is 6.92 Å². The number of hydrogen-bond donors (Lipinski definition) is 0. The van der Waals surface area contributed by atoms with E-state index in [0.29, 0.717) is 0 Å². The molecule has 0 atom stereocenters. The summed E-state index contributed by atoms with van der Waals surface area (Å²) in [7, 11) is 1.58. The average Bonchev–Trinajstić information content (AvgIpc) is 1.69. The smallest absolute Gasteiger partial charge is 0.101 e. The number of methoxy groups -OCH3 is 1. The van der Waals surface area contributed by atoms with Gasteiger partial charge in [0.1, 0.15) is 6.26 Å². The molecule has 0 fully saturated rings. The molecule has 0 bridgehead atoms. The molecule has 0 unspecified atom stereocenters. The Morgan fingerprint density at radius 2 is 2.29 bits per heavy atom. The van der Waals surface area contributed by atoms with Gasteiger partial charge in [-0.1, -0.05) is 0 Å². The number of rotatable bonds is 2. The molecule has 0 aromatic heterocycles. The van der Waals surface area contributed by atoms with Gasteiger partial charge in [0.2, 0.25) is 0 Å². The van der Waals surface area contributed by atoms with Crippen LogP contribution in [0.15, 0.2) is 17.5 Å². The molecule has 0 aliphatic heterocycles. The summed E-state index contributed by atoms with van der Waals surface area (Å²) in [6.07, 6.45) is 4.79. The molecule has 0 aromatic rings. The van der Waals surface area contributed by atoms with Crippen molar-refractivity contribution in [2.24, 2.45) is 4.99 Å². The summed E-state index contributed by atoms with van der Waals surface area (Å²) in [5.74, 6) is 0. The second kappa shape index (κ2) is 5.21. The molecular formula is C5H9NO. The summed E-state index contributed by atoms with van der Waals surface area (Å²) in [5, 5.41) is 0. The predicted molar refractivity (Wildman–Crippen MR) is 30.3 cm³/mol. The van der Waals surface area contributed by atoms with Gasteiger partial charge in [-0.25, -0.2) is 0 Å². The van der Waals surface area contributed by atoms with Crippen molar-refractivity contribution in [3.05, 3.63) is 12.5 Å². The van der Waals surface area contributed by atoms with Crippen LogP contribution in [-0.2, 0) is 4.74 Å². The van der Waals surface area contributed by atoms with Crippen molar-refractivity contribution >= 4 is 6.21 Å². The third-order valence-electron chi connectivity index (χ3n) is 0.432. The highest BCUT2D eigenvalue weighted by Crippen LogP contribution is 1.70. The van der Waals surface area contributed by atoms with Crippen molar-refractivity contribution in [3.63, 3.8) is 0 Å². The Morgan fingerprint density at radius 3 is 2.71 bits per heavy atom. The van der Waals surface area contributed by atoms with Gasteiger partial charge in [-0.15, -0.1) is 0 Å². The van der Waals surface area contributed by atoms with Crippen LogP contribution in [0, 0.1) is 0 Å². The molecule has 0 N–H and O–H groups in total. The maximum Gasteiger partial charge on any atom is 0.101 e. The third kappa shape index (κ3) is 5.21. The second-order valence-corrected chi connectivity index (χ2v) is 0.928. The van der Waals surface area contributed by atoms with Crippen molar-refractivity contribution in [1.82, 2.24) is 0 Å². The van der Waals surface area contributed by atoms with Gasteiger partial charge in [0.05, 0.1) is 13.3 Å². The van der Waals surface area contributed by atoms with Gasteiger partial charge in [-0.3, -0.25) is 4.99 Å². The zero-order valence-corrected chi connectivity index (χ0v) is 4.59. The topological polar surface area (TPSA) is 21.6 Å². The van der Waals surface area contributed by atoms with Crippen LogP contribution in [0.5, 0.6) is 0 Å². The Labute approximate surface area is 43.5 Å². The van der Waals surface area contributed by atoms with Crippen LogP contribution < -0.4 is 0 Å². The van der Waals surface area contributed by atoms with Crippen molar-refractivity contribution in [3.8, 4) is 0 Å². The molecule has 0 amide bonds. The van der Waals surface area contributed by atoms with E-state index in [2.05, 4.69) is 9.73 Å². The lowest BCUT2D eigenvalue weighted by molar-refractivity contribution is 0.337. The van der Waals surface area contributed by atoms with Crippen molar-refractivity contribution in [1.29, 1.82) is 0 Å². The quantitative estimate of drug-likeness (QED) is 0.376. The Morgan fingerprint density at radius 1 is 1.57 bits per heavy atom. The lowest BCUT2D eigenvalue weighted by atomic mass is 10.8. The van der Waals surface area contributed by atoms with Gasteiger partial charge in [-0.2, -0.15) is 0 Å². The van der Waals surface area contributed by atoms with E-state index in [4.69, 9.17) is 0 Å². The zero-order chi connectivity index (χ0) is 5.54. The molecule has 0 saturated carbocycles. The molecule has 0 rings (SSSR count). The van der Waals surface area contributed by atoms with Crippen LogP contribution in [0.4, 0.5) is 0 Å². The van der Waals surface area contributed by atoms with Crippen molar-refractivity contribution < 1.29 is 4.74 Å². The minimum atomic E-state index is 1.51. The number of hydrogen-bond acceptors (Lipinski definition) is 2. The first-order chi connectivity index (χ1) is 3.41. The molecule has 2 nitrogen and oxygen atoms in total. The molecule has 7 heavy (non-hydrogen) atoms. The largest absolute Gasteiger partial charge is 0.503 e. The summed E-state index contributed by atoms with van der Waals surface area (Å²) < 4.78 is 4.55. The second-order valence-electron chi connectivity index (χ2n) is 0.928. The zero-order valence-electron chi connectivity index (χ0n) is 4.59. The molecule has 0 saturated heterocycles. The van der Waals surface area contributed by atoms with Gasteiger partial charge in [0.15, 0.2) is 0 Å². The molecule has 0 aliphatic rings. The third-order valence-corrected chi connectivity index (χ3v) is 0.432. The monoisotopic (exact) mass is 99.1 g/mol. The highest BCUT2D eigenvalue weighted by molar-refractivity contribution is 5.54.